The van der Waals surface area contributed by atoms with Gasteiger partial charge in [-0.05, 0) is 38.8 Å². The minimum atomic E-state index is -1.70. The highest BCUT2D eigenvalue weighted by Gasteiger charge is 2.49. The molecule has 2 aromatic rings. The van der Waals surface area contributed by atoms with Gasteiger partial charge in [0, 0.05) is 28.5 Å². The van der Waals surface area contributed by atoms with Crippen LogP contribution in [0.3, 0.4) is 0 Å². The van der Waals surface area contributed by atoms with Gasteiger partial charge in [0.05, 0.1) is 11.9 Å². The molecule has 37 heavy (non-hydrogen) atoms. The first-order valence-corrected chi connectivity index (χ1v) is 12.8. The normalized spacial score (nSPS) is 18.1. The summed E-state index contributed by atoms with van der Waals surface area (Å²) >= 11 is 1.41. The maximum Gasteiger partial charge on any atom is 0.254 e. The highest BCUT2D eigenvalue weighted by atomic mass is 32.2. The van der Waals surface area contributed by atoms with Crippen LogP contribution < -0.4 is 10.6 Å². The predicted molar refractivity (Wildman–Crippen MR) is 141 cm³/mol. The Labute approximate surface area is 219 Å². The second-order valence-electron chi connectivity index (χ2n) is 9.43. The summed E-state index contributed by atoms with van der Waals surface area (Å²) in [4.78, 5) is 40.9. The number of halogens is 1. The van der Waals surface area contributed by atoms with E-state index < -0.39 is 40.6 Å². The van der Waals surface area contributed by atoms with Gasteiger partial charge in [-0.2, -0.15) is 0 Å². The van der Waals surface area contributed by atoms with Crippen LogP contribution in [0.2, 0.25) is 0 Å². The van der Waals surface area contributed by atoms with Crippen molar-refractivity contribution in [2.24, 2.45) is 0 Å². The lowest BCUT2D eigenvalue weighted by molar-refractivity contribution is -0.147. The number of nitrogens with one attached hydrogen (secondary N) is 2. The van der Waals surface area contributed by atoms with Gasteiger partial charge in [-0.25, -0.2) is 4.39 Å². The maximum absolute atomic E-state index is 13.9. The van der Waals surface area contributed by atoms with E-state index in [4.69, 9.17) is 0 Å². The first-order chi connectivity index (χ1) is 17.5. The van der Waals surface area contributed by atoms with Gasteiger partial charge < -0.3 is 25.7 Å². The van der Waals surface area contributed by atoms with Gasteiger partial charge in [0.1, 0.15) is 17.6 Å². The molecule has 0 bridgehead atoms. The molecular formula is C27H32FN3O5S. The topological polar surface area (TPSA) is 119 Å². The summed E-state index contributed by atoms with van der Waals surface area (Å²) in [5, 5.41) is 26.6. The first-order valence-electron chi connectivity index (χ1n) is 11.8. The molecule has 1 aliphatic rings. The lowest BCUT2D eigenvalue weighted by atomic mass is 9.96. The minimum absolute atomic E-state index is 0.0948. The molecule has 1 aliphatic heterocycles. The van der Waals surface area contributed by atoms with E-state index in [0.29, 0.717) is 0 Å². The summed E-state index contributed by atoms with van der Waals surface area (Å²) in [5.74, 6) is -2.84. The van der Waals surface area contributed by atoms with Crippen LogP contribution in [0.4, 0.5) is 4.39 Å². The fourth-order valence-electron chi connectivity index (χ4n) is 4.28. The first kappa shape index (κ1) is 28.2. The number of aromatic hydroxyl groups is 1. The summed E-state index contributed by atoms with van der Waals surface area (Å²) in [6.07, 6.45) is -0.0702. The van der Waals surface area contributed by atoms with E-state index in [1.54, 1.807) is 24.3 Å². The monoisotopic (exact) mass is 529 g/mol. The molecule has 3 unspecified atom stereocenters. The number of benzene rings is 2. The molecule has 0 aliphatic carbocycles. The van der Waals surface area contributed by atoms with Crippen LogP contribution in [0, 0.1) is 12.7 Å². The Hall–Kier alpha value is -3.37. The summed E-state index contributed by atoms with van der Waals surface area (Å²) in [6, 6.07) is 8.90. The van der Waals surface area contributed by atoms with Crippen molar-refractivity contribution >= 4 is 29.5 Å². The SMILES string of the molecule is C=CCNC(=O)C1N(C(=O)C(O)C(Cc2ccccc2)NC(=O)c2cc(F)cc(O)c2C)CSC1(C)C. The van der Waals surface area contributed by atoms with Crippen LogP contribution >= 0.6 is 11.8 Å². The number of carbonyl (C=O) groups is 3. The number of aliphatic hydroxyl groups excluding tert-OH is 1. The smallest absolute Gasteiger partial charge is 0.254 e. The largest absolute Gasteiger partial charge is 0.508 e. The Morgan fingerprint density at radius 3 is 2.59 bits per heavy atom. The fourth-order valence-corrected chi connectivity index (χ4v) is 5.42. The van der Waals surface area contributed by atoms with E-state index >= 15 is 0 Å². The number of hydrogen-bond donors (Lipinski definition) is 4. The van der Waals surface area contributed by atoms with Crippen LogP contribution in [-0.2, 0) is 16.0 Å². The molecule has 1 saturated heterocycles. The molecule has 2 aromatic carbocycles. The summed E-state index contributed by atoms with van der Waals surface area (Å²) in [5.41, 5.74) is 0.791. The van der Waals surface area contributed by atoms with Crippen molar-refractivity contribution in [2.45, 2.75) is 50.1 Å². The second kappa shape index (κ2) is 11.8. The summed E-state index contributed by atoms with van der Waals surface area (Å²) < 4.78 is 13.3. The Morgan fingerprint density at radius 2 is 1.95 bits per heavy atom. The van der Waals surface area contributed by atoms with Crippen molar-refractivity contribution in [3.63, 3.8) is 0 Å². The zero-order valence-corrected chi connectivity index (χ0v) is 21.8. The molecule has 0 radical (unpaired) electrons. The molecule has 3 rings (SSSR count). The average molecular weight is 530 g/mol. The highest BCUT2D eigenvalue weighted by molar-refractivity contribution is 8.00. The van der Waals surface area contributed by atoms with E-state index in [2.05, 4.69) is 17.2 Å². The van der Waals surface area contributed by atoms with E-state index in [0.717, 1.165) is 17.7 Å². The van der Waals surface area contributed by atoms with Crippen LogP contribution in [0.25, 0.3) is 0 Å². The van der Waals surface area contributed by atoms with Gasteiger partial charge in [-0.1, -0.05) is 36.4 Å². The minimum Gasteiger partial charge on any atom is -0.508 e. The number of rotatable bonds is 9. The van der Waals surface area contributed by atoms with Gasteiger partial charge in [-0.3, -0.25) is 14.4 Å². The van der Waals surface area contributed by atoms with E-state index in [1.165, 1.54) is 29.7 Å². The Balaban J connectivity index is 1.90. The van der Waals surface area contributed by atoms with E-state index in [1.807, 2.05) is 19.9 Å². The number of phenolic OH excluding ortho intramolecular Hbond substituents is 1. The van der Waals surface area contributed by atoms with Gasteiger partial charge in [0.25, 0.3) is 11.8 Å². The quantitative estimate of drug-likeness (QED) is 0.371. The van der Waals surface area contributed by atoms with Crippen LogP contribution in [-0.4, -0.2) is 68.2 Å². The number of nitrogens with zero attached hydrogens (tertiary/aromatic N) is 1. The number of hydrogen-bond acceptors (Lipinski definition) is 6. The molecule has 10 heteroatoms. The van der Waals surface area contributed by atoms with Crippen molar-refractivity contribution < 1.29 is 29.0 Å². The van der Waals surface area contributed by atoms with Crippen molar-refractivity contribution in [2.75, 3.05) is 12.4 Å². The Morgan fingerprint density at radius 1 is 1.27 bits per heavy atom. The molecule has 3 atom stereocenters. The molecule has 1 fully saturated rings. The van der Waals surface area contributed by atoms with Crippen molar-refractivity contribution in [1.82, 2.24) is 15.5 Å². The van der Waals surface area contributed by atoms with Gasteiger partial charge in [-0.15, -0.1) is 18.3 Å². The lowest BCUT2D eigenvalue weighted by Gasteiger charge is -2.33. The number of phenols is 1. The van der Waals surface area contributed by atoms with Gasteiger partial charge >= 0.3 is 0 Å². The molecule has 4 N–H and O–H groups in total. The van der Waals surface area contributed by atoms with Crippen molar-refractivity contribution in [1.29, 1.82) is 0 Å². The zero-order valence-electron chi connectivity index (χ0n) is 21.0. The number of thioether (sulfide) groups is 1. The fraction of sp³-hybridized carbons (Fsp3) is 0.370. The third-order valence-electron chi connectivity index (χ3n) is 6.34. The van der Waals surface area contributed by atoms with Gasteiger partial charge in [0.15, 0.2) is 6.10 Å². The second-order valence-corrected chi connectivity index (χ2v) is 11.0. The molecule has 0 aromatic heterocycles. The van der Waals surface area contributed by atoms with Crippen LogP contribution in [0.1, 0.15) is 35.3 Å². The van der Waals surface area contributed by atoms with Crippen LogP contribution in [0.15, 0.2) is 55.1 Å². The maximum atomic E-state index is 13.9. The van der Waals surface area contributed by atoms with E-state index in [-0.39, 0.29) is 41.6 Å². The van der Waals surface area contributed by atoms with Crippen molar-refractivity contribution in [3.8, 4) is 5.75 Å². The zero-order chi connectivity index (χ0) is 27.3. The van der Waals surface area contributed by atoms with Gasteiger partial charge in [0.2, 0.25) is 5.91 Å². The van der Waals surface area contributed by atoms with Crippen molar-refractivity contribution in [3.05, 3.63) is 77.6 Å². The molecule has 0 saturated carbocycles. The van der Waals surface area contributed by atoms with E-state index in [9.17, 15) is 29.0 Å². The lowest BCUT2D eigenvalue weighted by Crippen LogP contribution is -2.58. The predicted octanol–water partition coefficient (Wildman–Crippen LogP) is 2.52. The number of carbonyl (C=O) groups excluding carboxylic acids is 3. The van der Waals surface area contributed by atoms with Crippen LogP contribution in [0.5, 0.6) is 5.75 Å². The summed E-state index contributed by atoms with van der Waals surface area (Å²) in [7, 11) is 0. The summed E-state index contributed by atoms with van der Waals surface area (Å²) in [6.45, 7) is 8.98. The third-order valence-corrected chi connectivity index (χ3v) is 7.71. The molecule has 0 spiro atoms. The Kier molecular flexibility index (Phi) is 8.98. The molecule has 198 valence electrons. The number of aliphatic hydroxyl groups is 1. The highest BCUT2D eigenvalue weighted by Crippen LogP contribution is 2.39. The number of amides is 3. The molecule has 8 nitrogen and oxygen atoms in total. The Bertz CT molecular complexity index is 1170. The molecule has 3 amide bonds. The standard InChI is InChI=1S/C27H32FN3O5S/c1-5-11-29-25(35)23-27(3,4)37-15-31(23)26(36)22(33)20(12-17-9-7-6-8-10-17)30-24(34)19-13-18(28)14-21(32)16(19)2/h5-10,13-14,20,22-23,32-33H,1,11-12,15H2,2-4H3,(H,29,35)(H,30,34). The molecule has 1 heterocycles. The average Bonchev–Trinajstić information content (AvgIpc) is 3.18. The third kappa shape index (κ3) is 6.50. The molecular weight excluding hydrogens is 497 g/mol.